The van der Waals surface area contributed by atoms with Crippen LogP contribution in [0.5, 0.6) is 0 Å². The quantitative estimate of drug-likeness (QED) is 0.363. The van der Waals surface area contributed by atoms with Crippen LogP contribution in [0.25, 0.3) is 0 Å². The van der Waals surface area contributed by atoms with E-state index in [1.807, 2.05) is 26.0 Å². The van der Waals surface area contributed by atoms with E-state index < -0.39 is 0 Å². The summed E-state index contributed by atoms with van der Waals surface area (Å²) in [7, 11) is 0. The monoisotopic (exact) mass is 204 g/mol. The van der Waals surface area contributed by atoms with Crippen LogP contribution in [0.15, 0.2) is 74.3 Å². The van der Waals surface area contributed by atoms with Crippen molar-refractivity contribution in [2.45, 2.75) is 13.8 Å². The van der Waals surface area contributed by atoms with Gasteiger partial charge >= 0.3 is 0 Å². The molecule has 0 aromatic rings. The van der Waals surface area contributed by atoms with Gasteiger partial charge in [-0.2, -0.15) is 0 Å². The maximum atomic E-state index is 5.24. The average Bonchev–Trinajstić information content (AvgIpc) is 2.18. The molecule has 0 saturated carbocycles. The molecular weight excluding hydrogens is 184 g/mol. The summed E-state index contributed by atoms with van der Waals surface area (Å²) in [5, 5.41) is 0. The third-order valence-electron chi connectivity index (χ3n) is 1.17. The largest absolute Gasteiger partial charge is 0.459 e. The van der Waals surface area contributed by atoms with Crippen LogP contribution in [-0.4, -0.2) is 0 Å². The SMILES string of the molecule is C=C.C=C(C)/C=C\C(=C)OC(=C)/C=C\C. The summed E-state index contributed by atoms with van der Waals surface area (Å²) in [4.78, 5) is 0. The topological polar surface area (TPSA) is 9.23 Å². The molecule has 0 N–H and O–H groups in total. The second-order valence-electron chi connectivity index (χ2n) is 2.71. The van der Waals surface area contributed by atoms with E-state index >= 15 is 0 Å². The number of hydrogen-bond donors (Lipinski definition) is 0. The zero-order valence-corrected chi connectivity index (χ0v) is 9.75. The van der Waals surface area contributed by atoms with E-state index in [2.05, 4.69) is 32.9 Å². The van der Waals surface area contributed by atoms with Crippen LogP contribution >= 0.6 is 0 Å². The summed E-state index contributed by atoms with van der Waals surface area (Å²) in [5.41, 5.74) is 0.960. The number of hydrogen-bond acceptors (Lipinski definition) is 1. The van der Waals surface area contributed by atoms with Crippen LogP contribution in [0.3, 0.4) is 0 Å². The summed E-state index contributed by atoms with van der Waals surface area (Å²) in [6.45, 7) is 20.9. The molecule has 0 saturated heterocycles. The molecule has 0 radical (unpaired) electrons. The first kappa shape index (κ1) is 15.7. The van der Waals surface area contributed by atoms with Crippen LogP contribution in [0.1, 0.15) is 13.8 Å². The second-order valence-corrected chi connectivity index (χ2v) is 2.71. The Hall–Kier alpha value is -1.76. The fourth-order valence-corrected chi connectivity index (χ4v) is 0.658. The molecule has 82 valence electrons. The van der Waals surface area contributed by atoms with Crippen LogP contribution < -0.4 is 0 Å². The van der Waals surface area contributed by atoms with Gasteiger partial charge < -0.3 is 4.74 Å². The normalized spacial score (nSPS) is 9.47. The molecule has 0 aromatic heterocycles. The van der Waals surface area contributed by atoms with Gasteiger partial charge in [-0.15, -0.1) is 13.2 Å². The van der Waals surface area contributed by atoms with E-state index in [9.17, 15) is 0 Å². The Labute approximate surface area is 93.5 Å². The van der Waals surface area contributed by atoms with E-state index in [0.717, 1.165) is 5.57 Å². The van der Waals surface area contributed by atoms with Gasteiger partial charge in [-0.3, -0.25) is 0 Å². The highest BCUT2D eigenvalue weighted by atomic mass is 16.5. The van der Waals surface area contributed by atoms with Crippen molar-refractivity contribution in [3.05, 3.63) is 74.3 Å². The highest BCUT2D eigenvalue weighted by Crippen LogP contribution is 2.06. The zero-order chi connectivity index (χ0) is 12.3. The highest BCUT2D eigenvalue weighted by molar-refractivity contribution is 5.21. The lowest BCUT2D eigenvalue weighted by Crippen LogP contribution is -1.84. The van der Waals surface area contributed by atoms with Gasteiger partial charge in [-0.1, -0.05) is 37.5 Å². The molecule has 0 aliphatic heterocycles. The number of ether oxygens (including phenoxy) is 1. The Balaban J connectivity index is 0. The molecule has 0 rings (SSSR count). The molecule has 0 unspecified atom stereocenters. The van der Waals surface area contributed by atoms with Crippen molar-refractivity contribution in [1.82, 2.24) is 0 Å². The lowest BCUT2D eigenvalue weighted by Gasteiger charge is -2.03. The van der Waals surface area contributed by atoms with Crippen molar-refractivity contribution in [3.8, 4) is 0 Å². The Morgan fingerprint density at radius 2 is 1.40 bits per heavy atom. The predicted molar refractivity (Wildman–Crippen MR) is 69.4 cm³/mol. The van der Waals surface area contributed by atoms with Crippen LogP contribution in [0.2, 0.25) is 0 Å². The first-order valence-corrected chi connectivity index (χ1v) is 4.58. The minimum absolute atomic E-state index is 0.561. The first-order chi connectivity index (χ1) is 7.06. The summed E-state index contributed by atoms with van der Waals surface area (Å²) in [6, 6.07) is 0. The summed E-state index contributed by atoms with van der Waals surface area (Å²) >= 11 is 0. The molecule has 1 nitrogen and oxygen atoms in total. The van der Waals surface area contributed by atoms with Crippen molar-refractivity contribution in [1.29, 1.82) is 0 Å². The molecule has 0 amide bonds. The first-order valence-electron chi connectivity index (χ1n) is 4.58. The molecule has 0 spiro atoms. The summed E-state index contributed by atoms with van der Waals surface area (Å²) in [6.07, 6.45) is 7.24. The molecule has 15 heavy (non-hydrogen) atoms. The Morgan fingerprint density at radius 3 is 1.80 bits per heavy atom. The smallest absolute Gasteiger partial charge is 0.120 e. The molecule has 0 atom stereocenters. The van der Waals surface area contributed by atoms with Gasteiger partial charge in [-0.25, -0.2) is 0 Å². The summed E-state index contributed by atoms with van der Waals surface area (Å²) in [5.74, 6) is 1.14. The Bertz CT molecular complexity index is 280. The van der Waals surface area contributed by atoms with Crippen molar-refractivity contribution < 1.29 is 4.74 Å². The van der Waals surface area contributed by atoms with Crippen molar-refractivity contribution in [3.63, 3.8) is 0 Å². The second kappa shape index (κ2) is 10.3. The third kappa shape index (κ3) is 12.2. The van der Waals surface area contributed by atoms with Crippen LogP contribution in [0, 0.1) is 0 Å². The van der Waals surface area contributed by atoms with Gasteiger partial charge in [0.1, 0.15) is 11.5 Å². The maximum absolute atomic E-state index is 5.24. The summed E-state index contributed by atoms with van der Waals surface area (Å²) < 4.78 is 5.24. The molecule has 0 aromatic carbocycles. The predicted octanol–water partition coefficient (Wildman–Crippen LogP) is 4.54. The fourth-order valence-electron chi connectivity index (χ4n) is 0.658. The number of rotatable bonds is 5. The molecule has 1 heteroatoms. The van der Waals surface area contributed by atoms with Gasteiger partial charge in [0.2, 0.25) is 0 Å². The van der Waals surface area contributed by atoms with E-state index in [1.54, 1.807) is 12.2 Å². The molecule has 0 fully saturated rings. The third-order valence-corrected chi connectivity index (χ3v) is 1.17. The minimum atomic E-state index is 0.561. The highest BCUT2D eigenvalue weighted by Gasteiger charge is 1.90. The molecule has 0 aliphatic rings. The van der Waals surface area contributed by atoms with E-state index in [4.69, 9.17) is 4.74 Å². The lowest BCUT2D eigenvalue weighted by molar-refractivity contribution is 0.340. The van der Waals surface area contributed by atoms with Crippen LogP contribution in [0.4, 0.5) is 0 Å². The van der Waals surface area contributed by atoms with Crippen molar-refractivity contribution >= 4 is 0 Å². The lowest BCUT2D eigenvalue weighted by atomic mass is 10.3. The Morgan fingerprint density at radius 1 is 0.933 bits per heavy atom. The number of allylic oxidation sites excluding steroid dienone is 5. The van der Waals surface area contributed by atoms with Gasteiger partial charge in [-0.05, 0) is 26.0 Å². The standard InChI is InChI=1S/C12H16O.C2H4/c1-6-7-11(4)13-12(5)9-8-10(2)3;1-2/h6-9H,2,4-5H2,1,3H3;1-2H2/b7-6-,9-8-;. The van der Waals surface area contributed by atoms with Gasteiger partial charge in [0.25, 0.3) is 0 Å². The van der Waals surface area contributed by atoms with Gasteiger partial charge in [0.15, 0.2) is 0 Å². The van der Waals surface area contributed by atoms with Crippen LogP contribution in [-0.2, 0) is 4.74 Å². The molecule has 0 aliphatic carbocycles. The molecule has 0 heterocycles. The van der Waals surface area contributed by atoms with E-state index in [0.29, 0.717) is 11.5 Å². The Kier molecular flexibility index (Phi) is 10.8. The maximum Gasteiger partial charge on any atom is 0.120 e. The average molecular weight is 204 g/mol. The molecular formula is C14H20O. The van der Waals surface area contributed by atoms with Gasteiger partial charge in [0.05, 0.1) is 0 Å². The van der Waals surface area contributed by atoms with Crippen molar-refractivity contribution in [2.24, 2.45) is 0 Å². The van der Waals surface area contributed by atoms with E-state index in [-0.39, 0.29) is 0 Å². The fraction of sp³-hybridized carbons (Fsp3) is 0.143. The van der Waals surface area contributed by atoms with Gasteiger partial charge in [0, 0.05) is 0 Å². The van der Waals surface area contributed by atoms with Crippen molar-refractivity contribution in [2.75, 3.05) is 0 Å². The van der Waals surface area contributed by atoms with E-state index in [1.165, 1.54) is 0 Å². The minimum Gasteiger partial charge on any atom is -0.459 e. The molecule has 0 bridgehead atoms. The zero-order valence-electron chi connectivity index (χ0n) is 9.75.